The van der Waals surface area contributed by atoms with Gasteiger partial charge >= 0.3 is 0 Å². The molecule has 0 bridgehead atoms. The number of carbonyl (C=O) groups is 2. The van der Waals surface area contributed by atoms with Crippen molar-refractivity contribution in [1.82, 2.24) is 5.32 Å². The van der Waals surface area contributed by atoms with E-state index in [1.165, 1.54) is 5.56 Å². The fourth-order valence-electron chi connectivity index (χ4n) is 3.63. The third-order valence-electron chi connectivity index (χ3n) is 5.13. The molecule has 2 aromatic carbocycles. The second-order valence-electron chi connectivity index (χ2n) is 7.13. The summed E-state index contributed by atoms with van der Waals surface area (Å²) in [6, 6.07) is 14.0. The Morgan fingerprint density at radius 3 is 2.67 bits per heavy atom. The van der Waals surface area contributed by atoms with Crippen LogP contribution in [0.1, 0.15) is 39.3 Å². The molecule has 0 aliphatic carbocycles. The van der Waals surface area contributed by atoms with Gasteiger partial charge < -0.3 is 9.69 Å². The first-order valence-corrected chi connectivity index (χ1v) is 11.8. The lowest BCUT2D eigenvalue weighted by Gasteiger charge is -2.23. The van der Waals surface area contributed by atoms with Crippen LogP contribution in [0.15, 0.2) is 63.7 Å². The highest BCUT2D eigenvalue weighted by Gasteiger charge is 2.30. The number of benzene rings is 2. The summed E-state index contributed by atoms with van der Waals surface area (Å²) in [5, 5.41) is 5.35. The molecule has 1 aliphatic heterocycles. The Bertz CT molecular complexity index is 1140. The van der Waals surface area contributed by atoms with Crippen LogP contribution >= 0.6 is 11.3 Å². The third kappa shape index (κ3) is 3.76. The molecular formula is C23H22N2O3S2. The lowest BCUT2D eigenvalue weighted by atomic mass is 10.1. The monoisotopic (exact) mass is 438 g/mol. The Morgan fingerprint density at radius 2 is 1.97 bits per heavy atom. The highest BCUT2D eigenvalue weighted by Crippen LogP contribution is 2.36. The van der Waals surface area contributed by atoms with Crippen molar-refractivity contribution in [1.29, 1.82) is 0 Å². The van der Waals surface area contributed by atoms with Gasteiger partial charge in [0.2, 0.25) is 0 Å². The smallest absolute Gasteiger partial charge is 0.259 e. The molecular weight excluding hydrogens is 416 g/mol. The second-order valence-corrected chi connectivity index (χ2v) is 9.54. The fourth-order valence-corrected chi connectivity index (χ4v) is 5.80. The van der Waals surface area contributed by atoms with Crippen molar-refractivity contribution in [3.05, 3.63) is 75.5 Å². The van der Waals surface area contributed by atoms with Gasteiger partial charge in [-0.3, -0.25) is 10.1 Å². The summed E-state index contributed by atoms with van der Waals surface area (Å²) in [7, 11) is -1.47. The van der Waals surface area contributed by atoms with Crippen molar-refractivity contribution in [2.24, 2.45) is 0 Å². The van der Waals surface area contributed by atoms with Gasteiger partial charge in [-0.2, -0.15) is 0 Å². The van der Waals surface area contributed by atoms with Crippen molar-refractivity contribution in [3.8, 4) is 0 Å². The van der Waals surface area contributed by atoms with E-state index >= 15 is 0 Å². The minimum absolute atomic E-state index is 0.179. The number of amides is 1. The molecule has 1 aliphatic rings. The molecule has 5 nitrogen and oxygen atoms in total. The maximum atomic E-state index is 13.2. The van der Waals surface area contributed by atoms with Crippen LogP contribution in [-0.2, 0) is 22.1 Å². The van der Waals surface area contributed by atoms with Gasteiger partial charge in [-0.1, -0.05) is 18.2 Å². The summed E-state index contributed by atoms with van der Waals surface area (Å²) >= 11 is 1.65. The van der Waals surface area contributed by atoms with Gasteiger partial charge in [0.15, 0.2) is 0 Å². The molecule has 2 atom stereocenters. The van der Waals surface area contributed by atoms with Gasteiger partial charge in [0.05, 0.1) is 37.9 Å². The number of fused-ring (bicyclic) bond motifs is 2. The summed E-state index contributed by atoms with van der Waals surface area (Å²) in [6.07, 6.45) is 0.864. The van der Waals surface area contributed by atoms with Crippen LogP contribution in [0.3, 0.4) is 0 Å². The Balaban J connectivity index is 1.71. The zero-order valence-corrected chi connectivity index (χ0v) is 18.4. The highest BCUT2D eigenvalue weighted by atomic mass is 32.2. The van der Waals surface area contributed by atoms with Gasteiger partial charge in [0, 0.05) is 18.0 Å². The van der Waals surface area contributed by atoms with E-state index in [1.54, 1.807) is 46.6 Å². The van der Waals surface area contributed by atoms with E-state index in [0.29, 0.717) is 34.1 Å². The largest absolute Gasteiger partial charge is 0.307 e. The Labute approximate surface area is 182 Å². The fraction of sp³-hybridized carbons (Fsp3) is 0.217. The number of nitrogens with one attached hydrogen (secondary N) is 1. The minimum Gasteiger partial charge on any atom is -0.307 e. The number of aryl methyl sites for hydroxylation is 1. The van der Waals surface area contributed by atoms with Crippen LogP contribution < -0.4 is 10.2 Å². The van der Waals surface area contributed by atoms with Crippen LogP contribution in [0.5, 0.6) is 0 Å². The second kappa shape index (κ2) is 8.63. The number of aldehydes is 1. The molecule has 0 radical (unpaired) electrons. The lowest BCUT2D eigenvalue weighted by molar-refractivity contribution is -0.109. The number of carbonyl (C=O) groups excluding carboxylic acids is 2. The zero-order valence-electron chi connectivity index (χ0n) is 16.8. The van der Waals surface area contributed by atoms with Crippen LogP contribution in [0.4, 0.5) is 5.69 Å². The van der Waals surface area contributed by atoms with Crippen molar-refractivity contribution < 1.29 is 13.8 Å². The predicted octanol–water partition coefficient (Wildman–Crippen LogP) is 4.23. The minimum atomic E-state index is -1.47. The summed E-state index contributed by atoms with van der Waals surface area (Å²) in [5.74, 6) is -0.179. The standard InChI is InChI=1S/C23H22N2O3S2/c1-3-25-20-11-16(19(13-26)24-12-17-10-15(2)14-29-17)8-9-22(20)30(28)21-7-5-4-6-18(21)23(25)27/h4-11,13-14,19,24H,3,12H2,1-2H3. The molecule has 3 aromatic rings. The number of hydrogen-bond donors (Lipinski definition) is 1. The summed E-state index contributed by atoms with van der Waals surface area (Å²) in [5.41, 5.74) is 2.98. The van der Waals surface area contributed by atoms with Gasteiger partial charge in [-0.05, 0) is 60.7 Å². The van der Waals surface area contributed by atoms with Crippen molar-refractivity contribution in [3.63, 3.8) is 0 Å². The number of rotatable bonds is 6. The maximum absolute atomic E-state index is 13.2. The van der Waals surface area contributed by atoms with Gasteiger partial charge in [-0.25, -0.2) is 4.21 Å². The summed E-state index contributed by atoms with van der Waals surface area (Å²) in [4.78, 5) is 28.9. The number of hydrogen-bond acceptors (Lipinski definition) is 5. The summed E-state index contributed by atoms with van der Waals surface area (Å²) in [6.45, 7) is 4.94. The maximum Gasteiger partial charge on any atom is 0.259 e. The topological polar surface area (TPSA) is 66.5 Å². The molecule has 0 saturated heterocycles. The zero-order chi connectivity index (χ0) is 21.3. The van der Waals surface area contributed by atoms with E-state index < -0.39 is 16.8 Å². The molecule has 4 rings (SSSR count). The SMILES string of the molecule is CCN1C(=O)c2ccccc2S(=O)c2ccc(C(C=O)NCc3cc(C)cs3)cc21. The molecule has 1 amide bonds. The lowest BCUT2D eigenvalue weighted by Crippen LogP contribution is -2.31. The molecule has 0 fully saturated rings. The number of anilines is 1. The molecule has 1 aromatic heterocycles. The molecule has 7 heteroatoms. The van der Waals surface area contributed by atoms with E-state index in [1.807, 2.05) is 26.0 Å². The van der Waals surface area contributed by atoms with Gasteiger partial charge in [-0.15, -0.1) is 11.3 Å². The van der Waals surface area contributed by atoms with E-state index in [9.17, 15) is 13.8 Å². The van der Waals surface area contributed by atoms with Crippen molar-refractivity contribution in [2.75, 3.05) is 11.4 Å². The first-order chi connectivity index (χ1) is 14.5. The molecule has 2 heterocycles. The van der Waals surface area contributed by atoms with E-state index in [2.05, 4.69) is 16.8 Å². The van der Waals surface area contributed by atoms with Crippen molar-refractivity contribution >= 4 is 40.0 Å². The average Bonchev–Trinajstić information content (AvgIpc) is 3.16. The predicted molar refractivity (Wildman–Crippen MR) is 120 cm³/mol. The molecule has 30 heavy (non-hydrogen) atoms. The molecule has 2 unspecified atom stereocenters. The first-order valence-electron chi connectivity index (χ1n) is 9.72. The summed E-state index contributed by atoms with van der Waals surface area (Å²) < 4.78 is 13.2. The van der Waals surface area contributed by atoms with Crippen LogP contribution in [0, 0.1) is 6.92 Å². The van der Waals surface area contributed by atoms with E-state index in [4.69, 9.17) is 0 Å². The third-order valence-corrected chi connectivity index (χ3v) is 7.68. The first kappa shape index (κ1) is 20.7. The van der Waals surface area contributed by atoms with Crippen LogP contribution in [0.25, 0.3) is 0 Å². The normalized spacial score (nSPS) is 16.5. The highest BCUT2D eigenvalue weighted by molar-refractivity contribution is 7.85. The van der Waals surface area contributed by atoms with E-state index in [-0.39, 0.29) is 5.91 Å². The molecule has 154 valence electrons. The van der Waals surface area contributed by atoms with Gasteiger partial charge in [0.1, 0.15) is 6.29 Å². The average molecular weight is 439 g/mol. The quantitative estimate of drug-likeness (QED) is 0.585. The molecule has 0 spiro atoms. The van der Waals surface area contributed by atoms with Crippen LogP contribution in [0.2, 0.25) is 0 Å². The van der Waals surface area contributed by atoms with Gasteiger partial charge in [0.25, 0.3) is 5.91 Å². The number of thiophene rings is 1. The molecule has 1 N–H and O–H groups in total. The van der Waals surface area contributed by atoms with Crippen molar-refractivity contribution in [2.45, 2.75) is 36.2 Å². The molecule has 0 saturated carbocycles. The van der Waals surface area contributed by atoms with E-state index in [0.717, 1.165) is 16.7 Å². The Hall–Kier alpha value is -2.61. The Morgan fingerprint density at radius 1 is 1.17 bits per heavy atom. The number of nitrogens with zero attached hydrogens (tertiary/aromatic N) is 1. The van der Waals surface area contributed by atoms with Crippen LogP contribution in [-0.4, -0.2) is 22.9 Å². The Kier molecular flexibility index (Phi) is 5.94.